The molecule has 4 nitrogen and oxygen atoms in total. The standard InChI is InChI=1S/C11H10BrN3OS/c1-15(11(16)10-7-17-14-13-10)6-8-3-2-4-9(12)5-8/h2-5,7H,6H2,1H3. The number of aromatic nitrogens is 2. The van der Waals surface area contributed by atoms with Gasteiger partial charge in [-0.05, 0) is 29.2 Å². The second-order valence-corrected chi connectivity index (χ2v) is 5.11. The third kappa shape index (κ3) is 3.10. The van der Waals surface area contributed by atoms with Crippen molar-refractivity contribution in [2.75, 3.05) is 7.05 Å². The van der Waals surface area contributed by atoms with Gasteiger partial charge in [-0.2, -0.15) is 0 Å². The van der Waals surface area contributed by atoms with Crippen LogP contribution in [0.15, 0.2) is 34.1 Å². The van der Waals surface area contributed by atoms with Crippen LogP contribution in [0, 0.1) is 0 Å². The van der Waals surface area contributed by atoms with Gasteiger partial charge in [0, 0.05) is 23.4 Å². The van der Waals surface area contributed by atoms with E-state index in [1.54, 1.807) is 17.3 Å². The number of hydrogen-bond donors (Lipinski definition) is 0. The van der Waals surface area contributed by atoms with Crippen LogP contribution in [-0.2, 0) is 6.54 Å². The van der Waals surface area contributed by atoms with Crippen LogP contribution in [0.1, 0.15) is 16.1 Å². The minimum atomic E-state index is -0.112. The lowest BCUT2D eigenvalue weighted by molar-refractivity contribution is 0.0779. The zero-order valence-electron chi connectivity index (χ0n) is 9.13. The first-order valence-electron chi connectivity index (χ1n) is 4.94. The maximum absolute atomic E-state index is 11.9. The third-order valence-corrected chi connectivity index (χ3v) is 3.23. The molecule has 1 heterocycles. The highest BCUT2D eigenvalue weighted by atomic mass is 79.9. The van der Waals surface area contributed by atoms with Gasteiger partial charge in [-0.1, -0.05) is 32.6 Å². The van der Waals surface area contributed by atoms with Gasteiger partial charge in [-0.25, -0.2) is 0 Å². The molecule has 0 unspecified atom stereocenters. The number of benzene rings is 1. The van der Waals surface area contributed by atoms with E-state index in [0.29, 0.717) is 12.2 Å². The molecular formula is C11H10BrN3OS. The lowest BCUT2D eigenvalue weighted by Gasteiger charge is -2.15. The molecule has 0 saturated heterocycles. The quantitative estimate of drug-likeness (QED) is 0.875. The molecule has 1 aromatic heterocycles. The molecule has 17 heavy (non-hydrogen) atoms. The Morgan fingerprint density at radius 1 is 1.53 bits per heavy atom. The first-order chi connectivity index (χ1) is 8.16. The third-order valence-electron chi connectivity index (χ3n) is 2.23. The average molecular weight is 312 g/mol. The molecule has 1 aromatic carbocycles. The van der Waals surface area contributed by atoms with Crippen LogP contribution in [-0.4, -0.2) is 27.4 Å². The van der Waals surface area contributed by atoms with Gasteiger partial charge < -0.3 is 4.90 Å². The number of carbonyl (C=O) groups is 1. The van der Waals surface area contributed by atoms with Crippen LogP contribution >= 0.6 is 27.5 Å². The van der Waals surface area contributed by atoms with Crippen LogP contribution < -0.4 is 0 Å². The van der Waals surface area contributed by atoms with Gasteiger partial charge in [0.05, 0.1) is 0 Å². The summed E-state index contributed by atoms with van der Waals surface area (Å²) in [6, 6.07) is 7.87. The van der Waals surface area contributed by atoms with E-state index in [0.717, 1.165) is 10.0 Å². The molecule has 0 fully saturated rings. The highest BCUT2D eigenvalue weighted by Gasteiger charge is 2.14. The molecule has 0 aliphatic carbocycles. The van der Waals surface area contributed by atoms with Gasteiger partial charge >= 0.3 is 0 Å². The van der Waals surface area contributed by atoms with Gasteiger partial charge in [0.15, 0.2) is 5.69 Å². The van der Waals surface area contributed by atoms with Crippen molar-refractivity contribution in [3.63, 3.8) is 0 Å². The van der Waals surface area contributed by atoms with Gasteiger partial charge in [-0.15, -0.1) is 5.10 Å². The predicted octanol–water partition coefficient (Wildman–Crippen LogP) is 2.57. The van der Waals surface area contributed by atoms with Gasteiger partial charge in [0.1, 0.15) is 0 Å². The molecule has 88 valence electrons. The van der Waals surface area contributed by atoms with Crippen molar-refractivity contribution in [3.05, 3.63) is 45.4 Å². The fourth-order valence-corrected chi connectivity index (χ4v) is 2.31. The number of halogens is 1. The lowest BCUT2D eigenvalue weighted by Crippen LogP contribution is -2.26. The van der Waals surface area contributed by atoms with E-state index < -0.39 is 0 Å². The van der Waals surface area contributed by atoms with Crippen molar-refractivity contribution >= 4 is 33.4 Å². The molecule has 0 atom stereocenters. The summed E-state index contributed by atoms with van der Waals surface area (Å²) in [5, 5.41) is 5.42. The largest absolute Gasteiger partial charge is 0.336 e. The highest BCUT2D eigenvalue weighted by Crippen LogP contribution is 2.13. The van der Waals surface area contributed by atoms with Crippen molar-refractivity contribution in [2.45, 2.75) is 6.54 Å². The van der Waals surface area contributed by atoms with Crippen molar-refractivity contribution < 1.29 is 4.79 Å². The monoisotopic (exact) mass is 311 g/mol. The fourth-order valence-electron chi connectivity index (χ4n) is 1.43. The van der Waals surface area contributed by atoms with Gasteiger partial charge in [0.25, 0.3) is 5.91 Å². The number of carbonyl (C=O) groups excluding carboxylic acids is 1. The molecule has 2 rings (SSSR count). The summed E-state index contributed by atoms with van der Waals surface area (Å²) in [6.45, 7) is 0.551. The minimum Gasteiger partial charge on any atom is -0.336 e. The summed E-state index contributed by atoms with van der Waals surface area (Å²) < 4.78 is 4.69. The second-order valence-electron chi connectivity index (χ2n) is 3.58. The lowest BCUT2D eigenvalue weighted by atomic mass is 10.2. The van der Waals surface area contributed by atoms with Crippen LogP contribution in [0.25, 0.3) is 0 Å². The van der Waals surface area contributed by atoms with Crippen LogP contribution in [0.3, 0.4) is 0 Å². The Bertz CT molecular complexity index is 515. The zero-order chi connectivity index (χ0) is 12.3. The molecule has 0 aliphatic rings. The number of nitrogens with zero attached hydrogens (tertiary/aromatic N) is 3. The SMILES string of the molecule is CN(Cc1cccc(Br)c1)C(=O)c1csnn1. The molecule has 2 aromatic rings. The predicted molar refractivity (Wildman–Crippen MR) is 69.8 cm³/mol. The second kappa shape index (κ2) is 5.37. The molecule has 0 saturated carbocycles. The van der Waals surface area contributed by atoms with Crippen molar-refractivity contribution in [1.29, 1.82) is 0 Å². The van der Waals surface area contributed by atoms with Crippen LogP contribution in [0.5, 0.6) is 0 Å². The van der Waals surface area contributed by atoms with Crippen LogP contribution in [0.2, 0.25) is 0 Å². The number of rotatable bonds is 3. The fraction of sp³-hybridized carbons (Fsp3) is 0.182. The highest BCUT2D eigenvalue weighted by molar-refractivity contribution is 9.10. The molecule has 0 spiro atoms. The van der Waals surface area contributed by atoms with E-state index in [1.165, 1.54) is 11.5 Å². The number of hydrogen-bond acceptors (Lipinski definition) is 4. The van der Waals surface area contributed by atoms with E-state index in [-0.39, 0.29) is 5.91 Å². The summed E-state index contributed by atoms with van der Waals surface area (Å²) in [5.74, 6) is -0.112. The smallest absolute Gasteiger partial charge is 0.275 e. The van der Waals surface area contributed by atoms with E-state index in [2.05, 4.69) is 25.5 Å². The molecular weight excluding hydrogens is 302 g/mol. The molecule has 0 bridgehead atoms. The van der Waals surface area contributed by atoms with Crippen molar-refractivity contribution in [1.82, 2.24) is 14.5 Å². The first-order valence-corrected chi connectivity index (χ1v) is 6.57. The molecule has 1 amide bonds. The van der Waals surface area contributed by atoms with Crippen LogP contribution in [0.4, 0.5) is 0 Å². The number of amides is 1. The van der Waals surface area contributed by atoms with E-state index in [9.17, 15) is 4.79 Å². The van der Waals surface area contributed by atoms with E-state index in [1.807, 2.05) is 24.3 Å². The maximum Gasteiger partial charge on any atom is 0.275 e. The van der Waals surface area contributed by atoms with E-state index >= 15 is 0 Å². The molecule has 6 heteroatoms. The summed E-state index contributed by atoms with van der Waals surface area (Å²) in [4.78, 5) is 13.5. The van der Waals surface area contributed by atoms with Crippen molar-refractivity contribution in [3.8, 4) is 0 Å². The Hall–Kier alpha value is -1.27. The molecule has 0 N–H and O–H groups in total. The first kappa shape index (κ1) is 12.2. The Labute approximate surface area is 112 Å². The van der Waals surface area contributed by atoms with Gasteiger partial charge in [0.2, 0.25) is 0 Å². The summed E-state index contributed by atoms with van der Waals surface area (Å²) in [6.07, 6.45) is 0. The average Bonchev–Trinajstić information content (AvgIpc) is 2.81. The minimum absolute atomic E-state index is 0.112. The summed E-state index contributed by atoms with van der Waals surface area (Å²) in [5.41, 5.74) is 1.46. The summed E-state index contributed by atoms with van der Waals surface area (Å²) >= 11 is 4.58. The Balaban J connectivity index is 2.07. The normalized spacial score (nSPS) is 10.2. The molecule has 0 aliphatic heterocycles. The molecule has 0 radical (unpaired) electrons. The Morgan fingerprint density at radius 3 is 3.00 bits per heavy atom. The Kier molecular flexibility index (Phi) is 3.86. The zero-order valence-corrected chi connectivity index (χ0v) is 11.5. The Morgan fingerprint density at radius 2 is 2.35 bits per heavy atom. The van der Waals surface area contributed by atoms with Gasteiger partial charge in [-0.3, -0.25) is 4.79 Å². The summed E-state index contributed by atoms with van der Waals surface area (Å²) in [7, 11) is 1.75. The maximum atomic E-state index is 11.9. The topological polar surface area (TPSA) is 46.1 Å². The van der Waals surface area contributed by atoms with E-state index in [4.69, 9.17) is 0 Å². The van der Waals surface area contributed by atoms with Crippen molar-refractivity contribution in [2.24, 2.45) is 0 Å².